The second-order valence-corrected chi connectivity index (χ2v) is 8.09. The third-order valence-electron chi connectivity index (χ3n) is 4.04. The number of anilines is 1. The van der Waals surface area contributed by atoms with E-state index >= 15 is 0 Å². The number of pyridine rings is 1. The van der Waals surface area contributed by atoms with Crippen molar-refractivity contribution >= 4 is 56.3 Å². The minimum atomic E-state index is -0.892. The van der Waals surface area contributed by atoms with Gasteiger partial charge in [0.05, 0.1) is 12.4 Å². The van der Waals surface area contributed by atoms with Crippen LogP contribution in [0, 0.1) is 0 Å². The van der Waals surface area contributed by atoms with E-state index in [1.165, 1.54) is 11.8 Å². The van der Waals surface area contributed by atoms with Crippen LogP contribution in [0.25, 0.3) is 11.2 Å². The predicted octanol–water partition coefficient (Wildman–Crippen LogP) is 2.22. The molecule has 8 nitrogen and oxygen atoms in total. The van der Waals surface area contributed by atoms with E-state index in [1.54, 1.807) is 17.1 Å². The van der Waals surface area contributed by atoms with Crippen molar-refractivity contribution in [3.8, 4) is 0 Å². The van der Waals surface area contributed by atoms with Gasteiger partial charge in [0, 0.05) is 18.5 Å². The summed E-state index contributed by atoms with van der Waals surface area (Å²) < 4.78 is 2.47. The number of imidazole rings is 1. The fourth-order valence-corrected chi connectivity index (χ4v) is 4.63. The molecule has 136 valence electrons. The smallest absolute Gasteiger partial charge is 0.226 e. The first-order chi connectivity index (χ1) is 12.5. The molecule has 4 rings (SSSR count). The molecule has 0 saturated carbocycles. The van der Waals surface area contributed by atoms with Crippen LogP contribution in [0.15, 0.2) is 29.3 Å². The first-order valence-electron chi connectivity index (χ1n) is 7.75. The quantitative estimate of drug-likeness (QED) is 0.404. The van der Waals surface area contributed by atoms with Gasteiger partial charge in [-0.15, -0.1) is 11.8 Å². The Morgan fingerprint density at radius 3 is 2.92 bits per heavy atom. The number of thioether (sulfide) groups is 1. The molecule has 3 aromatic heterocycles. The lowest BCUT2D eigenvalue weighted by atomic mass is 10.2. The number of fused-ring (bicyclic) bond motifs is 1. The monoisotopic (exact) mass is 456 g/mol. The number of aliphatic hydroxyl groups excluding tert-OH is 2. The lowest BCUT2D eigenvalue weighted by molar-refractivity contribution is 0.0313. The van der Waals surface area contributed by atoms with Gasteiger partial charge in [-0.2, -0.15) is 9.97 Å². The molecule has 1 fully saturated rings. The van der Waals surface area contributed by atoms with E-state index in [-0.39, 0.29) is 10.7 Å². The second-order valence-electron chi connectivity index (χ2n) is 5.79. The maximum Gasteiger partial charge on any atom is 0.226 e. The van der Waals surface area contributed by atoms with Crippen LogP contribution in [0.5, 0.6) is 0 Å². The zero-order valence-corrected chi connectivity index (χ0v) is 16.4. The Kier molecular flexibility index (Phi) is 5.02. The van der Waals surface area contributed by atoms with E-state index in [0.29, 0.717) is 29.3 Å². The van der Waals surface area contributed by atoms with E-state index in [9.17, 15) is 10.2 Å². The Morgan fingerprint density at radius 2 is 2.19 bits per heavy atom. The van der Waals surface area contributed by atoms with Gasteiger partial charge < -0.3 is 15.5 Å². The van der Waals surface area contributed by atoms with Gasteiger partial charge in [0.2, 0.25) is 5.28 Å². The first-order valence-corrected chi connectivity index (χ1v) is 9.97. The van der Waals surface area contributed by atoms with Crippen molar-refractivity contribution in [1.29, 1.82) is 0 Å². The van der Waals surface area contributed by atoms with Crippen molar-refractivity contribution in [3.05, 3.63) is 40.1 Å². The maximum absolute atomic E-state index is 10.2. The number of nitrogens with one attached hydrogen (secondary N) is 1. The highest BCUT2D eigenvalue weighted by Crippen LogP contribution is 2.38. The van der Waals surface area contributed by atoms with E-state index in [4.69, 9.17) is 11.6 Å². The Morgan fingerprint density at radius 1 is 1.35 bits per heavy atom. The maximum atomic E-state index is 10.2. The van der Waals surface area contributed by atoms with E-state index in [1.807, 2.05) is 12.1 Å². The molecule has 2 unspecified atom stereocenters. The molecule has 1 aliphatic rings. The highest BCUT2D eigenvalue weighted by molar-refractivity contribution is 9.10. The van der Waals surface area contributed by atoms with Crippen molar-refractivity contribution in [2.45, 2.75) is 24.1 Å². The SMILES string of the molecule is OC1CS[C@@H](n2cnc3c(NCc4ccnc(Br)c4)nc(Cl)nc32)C1O. The molecule has 11 heteroatoms. The molecule has 3 atom stereocenters. The Hall–Kier alpha value is -1.46. The van der Waals surface area contributed by atoms with Gasteiger partial charge in [0.25, 0.3) is 0 Å². The molecule has 1 saturated heterocycles. The highest BCUT2D eigenvalue weighted by Gasteiger charge is 2.36. The molecule has 0 radical (unpaired) electrons. The van der Waals surface area contributed by atoms with Gasteiger partial charge in [-0.1, -0.05) is 0 Å². The van der Waals surface area contributed by atoms with Gasteiger partial charge in [-0.25, -0.2) is 9.97 Å². The van der Waals surface area contributed by atoms with Gasteiger partial charge in [0.1, 0.15) is 16.1 Å². The van der Waals surface area contributed by atoms with Crippen LogP contribution in [0.4, 0.5) is 5.82 Å². The zero-order chi connectivity index (χ0) is 18.3. The van der Waals surface area contributed by atoms with Crippen LogP contribution in [-0.2, 0) is 6.54 Å². The van der Waals surface area contributed by atoms with Crippen molar-refractivity contribution in [2.75, 3.05) is 11.1 Å². The summed E-state index contributed by atoms with van der Waals surface area (Å²) in [6, 6.07) is 3.79. The van der Waals surface area contributed by atoms with Crippen molar-refractivity contribution in [2.24, 2.45) is 0 Å². The third-order valence-corrected chi connectivity index (χ3v) is 6.03. The van der Waals surface area contributed by atoms with Gasteiger partial charge in [-0.3, -0.25) is 4.57 Å². The largest absolute Gasteiger partial charge is 0.389 e. The molecule has 0 bridgehead atoms. The van der Waals surface area contributed by atoms with E-state index < -0.39 is 12.2 Å². The summed E-state index contributed by atoms with van der Waals surface area (Å²) in [5.74, 6) is 0.955. The lowest BCUT2D eigenvalue weighted by Crippen LogP contribution is -2.27. The molecule has 1 aliphatic heterocycles. The number of hydrogen-bond acceptors (Lipinski definition) is 8. The minimum absolute atomic E-state index is 0.0793. The summed E-state index contributed by atoms with van der Waals surface area (Å²) in [7, 11) is 0. The van der Waals surface area contributed by atoms with Crippen LogP contribution in [0.2, 0.25) is 5.28 Å². The van der Waals surface area contributed by atoms with Gasteiger partial charge >= 0.3 is 0 Å². The number of aromatic nitrogens is 5. The van der Waals surface area contributed by atoms with Crippen LogP contribution < -0.4 is 5.32 Å². The summed E-state index contributed by atoms with van der Waals surface area (Å²) in [5, 5.41) is 22.9. The molecule has 4 heterocycles. The normalized spacial score (nSPS) is 22.8. The minimum Gasteiger partial charge on any atom is -0.389 e. The predicted molar refractivity (Wildman–Crippen MR) is 103 cm³/mol. The number of rotatable bonds is 4. The Labute approximate surface area is 166 Å². The summed E-state index contributed by atoms with van der Waals surface area (Å²) in [6.45, 7) is 0.510. The molecule has 0 aliphatic carbocycles. The average Bonchev–Trinajstić information content (AvgIpc) is 3.17. The molecule has 26 heavy (non-hydrogen) atoms. The number of halogens is 2. The molecule has 3 aromatic rings. The summed E-state index contributed by atoms with van der Waals surface area (Å²) in [5.41, 5.74) is 2.07. The molecule has 0 aromatic carbocycles. The topological polar surface area (TPSA) is 109 Å². The van der Waals surface area contributed by atoms with Gasteiger partial charge in [-0.05, 0) is 45.2 Å². The van der Waals surface area contributed by atoms with Crippen LogP contribution >= 0.6 is 39.3 Å². The summed E-state index contributed by atoms with van der Waals surface area (Å²) in [6.07, 6.45) is 1.63. The van der Waals surface area contributed by atoms with Crippen LogP contribution in [0.3, 0.4) is 0 Å². The van der Waals surface area contributed by atoms with E-state index in [2.05, 4.69) is 41.2 Å². The molecular formula is C15H14BrClN6O2S. The lowest BCUT2D eigenvalue weighted by Gasteiger charge is -2.17. The Bertz CT molecular complexity index is 957. The number of aliphatic hydroxyl groups is 2. The average molecular weight is 458 g/mol. The molecular weight excluding hydrogens is 444 g/mol. The zero-order valence-electron chi connectivity index (χ0n) is 13.3. The summed E-state index contributed by atoms with van der Waals surface area (Å²) >= 11 is 10.9. The third kappa shape index (κ3) is 3.39. The standard InChI is InChI=1S/C15H14BrClN6O2S/c16-9-3-7(1-2-18-9)4-19-12-10-13(22-15(17)21-12)23(6-20-10)14-11(25)8(24)5-26-14/h1-3,6,8,11,14,24-25H,4-5H2,(H,19,21,22)/t8?,11?,14-/m1/s1. The van der Waals surface area contributed by atoms with Crippen LogP contribution in [-0.4, -0.2) is 52.7 Å². The Balaban J connectivity index is 1.66. The highest BCUT2D eigenvalue weighted by atomic mass is 79.9. The second kappa shape index (κ2) is 7.28. The van der Waals surface area contributed by atoms with Crippen molar-refractivity contribution in [3.63, 3.8) is 0 Å². The van der Waals surface area contributed by atoms with Crippen molar-refractivity contribution < 1.29 is 10.2 Å². The van der Waals surface area contributed by atoms with Crippen molar-refractivity contribution in [1.82, 2.24) is 24.5 Å². The molecule has 0 amide bonds. The molecule has 0 spiro atoms. The fraction of sp³-hybridized carbons (Fsp3) is 0.333. The number of nitrogens with zero attached hydrogens (tertiary/aromatic N) is 5. The molecule has 3 N–H and O–H groups in total. The number of hydrogen-bond donors (Lipinski definition) is 3. The van der Waals surface area contributed by atoms with E-state index in [0.717, 1.165) is 10.2 Å². The van der Waals surface area contributed by atoms with Crippen LogP contribution in [0.1, 0.15) is 10.9 Å². The fourth-order valence-electron chi connectivity index (χ4n) is 2.77. The summed E-state index contributed by atoms with van der Waals surface area (Å²) in [4.78, 5) is 17.0. The van der Waals surface area contributed by atoms with Gasteiger partial charge in [0.15, 0.2) is 17.0 Å². The first kappa shape index (κ1) is 17.9.